The molecule has 0 radical (unpaired) electrons. The van der Waals surface area contributed by atoms with E-state index in [2.05, 4.69) is 25.7 Å². The predicted molar refractivity (Wildman–Crippen MR) is 115 cm³/mol. The number of aliphatic imine (C=N–C) groups is 1. The third-order valence-corrected chi connectivity index (χ3v) is 4.29. The minimum atomic E-state index is -0.721. The number of hydrogen-bond acceptors (Lipinski definition) is 5. The highest BCUT2D eigenvalue weighted by atomic mass is 127. The minimum Gasteiger partial charge on any atom is -0.489 e. The molecule has 2 heterocycles. The molecule has 1 aliphatic rings. The second kappa shape index (κ2) is 11.2. The van der Waals surface area contributed by atoms with Crippen LogP contribution in [0.3, 0.4) is 0 Å². The number of nitrogens with one attached hydrogen (secondary N) is 2. The van der Waals surface area contributed by atoms with Crippen LogP contribution in [0.2, 0.25) is 0 Å². The molecule has 2 aromatic rings. The largest absolute Gasteiger partial charge is 0.489 e. The lowest BCUT2D eigenvalue weighted by Gasteiger charge is -2.25. The van der Waals surface area contributed by atoms with E-state index in [1.165, 1.54) is 6.07 Å². The smallest absolute Gasteiger partial charge is 0.191 e. The molecule has 29 heavy (non-hydrogen) atoms. The number of benzene rings is 1. The van der Waals surface area contributed by atoms with Gasteiger partial charge in [0.15, 0.2) is 23.4 Å². The molecule has 8 nitrogen and oxygen atoms in total. The van der Waals surface area contributed by atoms with Gasteiger partial charge in [-0.25, -0.2) is 18.4 Å². The first-order valence-corrected chi connectivity index (χ1v) is 9.05. The Bertz CT molecular complexity index is 833. The van der Waals surface area contributed by atoms with Gasteiger partial charge in [0.05, 0.1) is 13.1 Å². The van der Waals surface area contributed by atoms with Crippen molar-refractivity contribution in [1.29, 1.82) is 0 Å². The molecule has 2 N–H and O–H groups in total. The topological polar surface area (TPSA) is 85.6 Å². The second-order valence-electron chi connectivity index (χ2n) is 6.36. The molecule has 0 bridgehead atoms. The van der Waals surface area contributed by atoms with Crippen molar-refractivity contribution in [3.05, 3.63) is 41.5 Å². The summed E-state index contributed by atoms with van der Waals surface area (Å²) in [7, 11) is 3.30. The Morgan fingerprint density at radius 3 is 2.93 bits per heavy atom. The van der Waals surface area contributed by atoms with Gasteiger partial charge >= 0.3 is 0 Å². The number of rotatable bonds is 7. The standard InChI is InChI=1S/C18H24F2N6O2.HI/c1-21-18(22-7-8-28-15-5-3-12(19)9-14(15)20)23-13-4-6-17-24-16(11-27-2)25-26(17)10-13;/h3,5,9,13H,4,6-8,10-11H2,1-2H3,(H2,21,22,23);1H. The molecule has 1 aromatic carbocycles. The van der Waals surface area contributed by atoms with E-state index in [0.29, 0.717) is 31.5 Å². The van der Waals surface area contributed by atoms with Crippen molar-refractivity contribution in [2.75, 3.05) is 27.3 Å². The lowest BCUT2D eigenvalue weighted by molar-refractivity contribution is 0.177. The van der Waals surface area contributed by atoms with Crippen molar-refractivity contribution in [1.82, 2.24) is 25.4 Å². The fourth-order valence-corrected chi connectivity index (χ4v) is 2.98. The van der Waals surface area contributed by atoms with Crippen molar-refractivity contribution >= 4 is 29.9 Å². The van der Waals surface area contributed by atoms with E-state index < -0.39 is 11.6 Å². The number of aromatic nitrogens is 3. The van der Waals surface area contributed by atoms with E-state index in [4.69, 9.17) is 9.47 Å². The van der Waals surface area contributed by atoms with Crippen LogP contribution in [0.1, 0.15) is 18.1 Å². The molecule has 1 aromatic heterocycles. The van der Waals surface area contributed by atoms with E-state index in [0.717, 1.165) is 30.8 Å². The summed E-state index contributed by atoms with van der Waals surface area (Å²) in [5.74, 6) is 0.928. The monoisotopic (exact) mass is 522 g/mol. The van der Waals surface area contributed by atoms with Crippen LogP contribution in [0.15, 0.2) is 23.2 Å². The fourth-order valence-electron chi connectivity index (χ4n) is 2.98. The van der Waals surface area contributed by atoms with Crippen LogP contribution >= 0.6 is 24.0 Å². The quantitative estimate of drug-likeness (QED) is 0.250. The van der Waals surface area contributed by atoms with Gasteiger partial charge in [-0.05, 0) is 18.6 Å². The molecule has 3 rings (SSSR count). The molecule has 1 unspecified atom stereocenters. The zero-order valence-corrected chi connectivity index (χ0v) is 18.7. The first-order chi connectivity index (χ1) is 13.6. The maximum Gasteiger partial charge on any atom is 0.191 e. The van der Waals surface area contributed by atoms with Crippen molar-refractivity contribution in [2.24, 2.45) is 4.99 Å². The molecular weight excluding hydrogens is 497 g/mol. The van der Waals surface area contributed by atoms with Gasteiger partial charge in [0.25, 0.3) is 0 Å². The minimum absolute atomic E-state index is 0. The summed E-state index contributed by atoms with van der Waals surface area (Å²) in [5.41, 5.74) is 0. The van der Waals surface area contributed by atoms with Gasteiger partial charge in [0, 0.05) is 32.7 Å². The highest BCUT2D eigenvalue weighted by Gasteiger charge is 2.22. The van der Waals surface area contributed by atoms with Gasteiger partial charge in [-0.15, -0.1) is 24.0 Å². The average molecular weight is 522 g/mol. The Balaban J connectivity index is 0.00000300. The van der Waals surface area contributed by atoms with Crippen molar-refractivity contribution in [2.45, 2.75) is 32.0 Å². The summed E-state index contributed by atoms with van der Waals surface area (Å²) in [5, 5.41) is 10.9. The Kier molecular flexibility index (Phi) is 9.01. The van der Waals surface area contributed by atoms with E-state index in [1.54, 1.807) is 14.2 Å². The van der Waals surface area contributed by atoms with E-state index in [-0.39, 0.29) is 42.4 Å². The first kappa shape index (κ1) is 23.3. The summed E-state index contributed by atoms with van der Waals surface area (Å²) < 4.78 is 38.7. The molecule has 0 saturated carbocycles. The highest BCUT2D eigenvalue weighted by molar-refractivity contribution is 14.0. The third-order valence-electron chi connectivity index (χ3n) is 4.29. The maximum absolute atomic E-state index is 13.5. The molecule has 1 aliphatic heterocycles. The van der Waals surface area contributed by atoms with Crippen LogP contribution in [0.5, 0.6) is 5.75 Å². The Hall–Kier alpha value is -2.02. The molecular formula is C18H25F2IN6O2. The van der Waals surface area contributed by atoms with Crippen molar-refractivity contribution in [3.8, 4) is 5.75 Å². The molecule has 0 aliphatic carbocycles. The summed E-state index contributed by atoms with van der Waals surface area (Å²) >= 11 is 0. The molecule has 11 heteroatoms. The number of nitrogens with zero attached hydrogens (tertiary/aromatic N) is 4. The zero-order valence-electron chi connectivity index (χ0n) is 16.3. The lowest BCUT2D eigenvalue weighted by atomic mass is 10.1. The number of guanidine groups is 1. The van der Waals surface area contributed by atoms with E-state index in [1.807, 2.05) is 4.68 Å². The fraction of sp³-hybridized carbons (Fsp3) is 0.500. The number of halogens is 3. The summed E-state index contributed by atoms with van der Waals surface area (Å²) in [6.07, 6.45) is 1.72. The Labute approximate surface area is 185 Å². The average Bonchev–Trinajstić information content (AvgIpc) is 3.07. The molecule has 0 fully saturated rings. The van der Waals surface area contributed by atoms with Gasteiger partial charge < -0.3 is 20.1 Å². The normalized spacial score (nSPS) is 16.0. The maximum atomic E-state index is 13.5. The van der Waals surface area contributed by atoms with Gasteiger partial charge in [0.2, 0.25) is 0 Å². The van der Waals surface area contributed by atoms with Crippen LogP contribution in [0, 0.1) is 11.6 Å². The van der Waals surface area contributed by atoms with Crippen LogP contribution in [-0.2, 0) is 24.3 Å². The molecule has 0 spiro atoms. The highest BCUT2D eigenvalue weighted by Crippen LogP contribution is 2.17. The van der Waals surface area contributed by atoms with Crippen molar-refractivity contribution < 1.29 is 18.3 Å². The third kappa shape index (κ3) is 6.49. The summed E-state index contributed by atoms with van der Waals surface area (Å²) in [6.45, 7) is 1.71. The molecule has 0 saturated heterocycles. The Morgan fingerprint density at radius 2 is 2.21 bits per heavy atom. The summed E-state index contributed by atoms with van der Waals surface area (Å²) in [4.78, 5) is 8.66. The van der Waals surface area contributed by atoms with Crippen LogP contribution in [-0.4, -0.2) is 54.1 Å². The molecule has 160 valence electrons. The van der Waals surface area contributed by atoms with Crippen LogP contribution in [0.25, 0.3) is 0 Å². The number of ether oxygens (including phenoxy) is 2. The van der Waals surface area contributed by atoms with Crippen LogP contribution < -0.4 is 15.4 Å². The van der Waals surface area contributed by atoms with Crippen LogP contribution in [0.4, 0.5) is 8.78 Å². The van der Waals surface area contributed by atoms with Gasteiger partial charge in [0.1, 0.15) is 24.9 Å². The predicted octanol–water partition coefficient (Wildman–Crippen LogP) is 1.88. The number of methoxy groups -OCH3 is 1. The number of aryl methyl sites for hydroxylation is 1. The lowest BCUT2D eigenvalue weighted by Crippen LogP contribution is -2.47. The SMILES string of the molecule is CN=C(NCCOc1ccc(F)cc1F)NC1CCc2nc(COC)nn2C1.I. The van der Waals surface area contributed by atoms with Crippen molar-refractivity contribution in [3.63, 3.8) is 0 Å². The van der Waals surface area contributed by atoms with E-state index >= 15 is 0 Å². The van der Waals surface area contributed by atoms with Gasteiger partial charge in [-0.2, -0.15) is 5.10 Å². The molecule has 0 amide bonds. The number of hydrogen-bond donors (Lipinski definition) is 2. The van der Waals surface area contributed by atoms with Gasteiger partial charge in [-0.1, -0.05) is 0 Å². The Morgan fingerprint density at radius 1 is 1.38 bits per heavy atom. The molecule has 1 atom stereocenters. The number of fused-ring (bicyclic) bond motifs is 1. The second-order valence-corrected chi connectivity index (χ2v) is 6.36. The van der Waals surface area contributed by atoms with Gasteiger partial charge in [-0.3, -0.25) is 4.99 Å². The summed E-state index contributed by atoms with van der Waals surface area (Å²) in [6, 6.07) is 3.38. The zero-order chi connectivity index (χ0) is 19.9. The first-order valence-electron chi connectivity index (χ1n) is 9.05. The van der Waals surface area contributed by atoms with E-state index in [9.17, 15) is 8.78 Å².